The topological polar surface area (TPSA) is 80.4 Å². The van der Waals surface area contributed by atoms with Crippen molar-refractivity contribution in [3.8, 4) is 17.0 Å². The van der Waals surface area contributed by atoms with Crippen molar-refractivity contribution in [1.82, 2.24) is 10.3 Å². The zero-order valence-electron chi connectivity index (χ0n) is 13.8. The van der Waals surface area contributed by atoms with Gasteiger partial charge in [0.25, 0.3) is 0 Å². The molecule has 0 bridgehead atoms. The molecule has 0 fully saturated rings. The number of ether oxygens (including phenoxy) is 1. The molecule has 0 saturated heterocycles. The van der Waals surface area contributed by atoms with Gasteiger partial charge in [0.05, 0.1) is 12.8 Å². The van der Waals surface area contributed by atoms with Crippen LogP contribution in [0.2, 0.25) is 0 Å². The Morgan fingerprint density at radius 1 is 1.26 bits per heavy atom. The molecule has 4 N–H and O–H groups in total. The number of hydrogen-bond acceptors (Lipinski definition) is 5. The van der Waals surface area contributed by atoms with Crippen LogP contribution in [0.5, 0.6) is 5.75 Å². The van der Waals surface area contributed by atoms with Gasteiger partial charge in [-0.1, -0.05) is 13.0 Å². The van der Waals surface area contributed by atoms with Gasteiger partial charge in [0.15, 0.2) is 0 Å². The first-order valence-corrected chi connectivity index (χ1v) is 7.93. The van der Waals surface area contributed by atoms with Gasteiger partial charge in [0.1, 0.15) is 11.6 Å². The maximum absolute atomic E-state index is 8.85. The van der Waals surface area contributed by atoms with Crippen LogP contribution in [0.1, 0.15) is 24.5 Å². The number of anilines is 1. The first kappa shape index (κ1) is 17.2. The lowest BCUT2D eigenvalue weighted by Crippen LogP contribution is -2.17. The normalized spacial score (nSPS) is 10.7. The Bertz CT molecular complexity index is 644. The molecule has 2 rings (SSSR count). The average Bonchev–Trinajstić information content (AvgIpc) is 2.58. The molecular formula is C18H25N3O2. The zero-order chi connectivity index (χ0) is 16.7. The third-order valence-electron chi connectivity index (χ3n) is 3.78. The molecule has 0 unspecified atom stereocenters. The molecule has 2 aromatic rings. The van der Waals surface area contributed by atoms with Gasteiger partial charge >= 0.3 is 0 Å². The number of hydrogen-bond donors (Lipinski definition) is 3. The summed E-state index contributed by atoms with van der Waals surface area (Å²) in [6.07, 6.45) is 1.68. The molecule has 1 heterocycles. The highest BCUT2D eigenvalue weighted by atomic mass is 16.5. The predicted molar refractivity (Wildman–Crippen MR) is 93.4 cm³/mol. The molecule has 0 spiro atoms. The second kappa shape index (κ2) is 8.50. The average molecular weight is 315 g/mol. The number of aromatic nitrogens is 1. The van der Waals surface area contributed by atoms with E-state index in [2.05, 4.69) is 29.4 Å². The molecule has 0 radical (unpaired) electrons. The van der Waals surface area contributed by atoms with Crippen LogP contribution < -0.4 is 15.8 Å². The highest BCUT2D eigenvalue weighted by Gasteiger charge is 2.12. The molecule has 0 amide bonds. The van der Waals surface area contributed by atoms with Crippen molar-refractivity contribution in [2.24, 2.45) is 0 Å². The van der Waals surface area contributed by atoms with E-state index >= 15 is 0 Å². The monoisotopic (exact) mass is 315 g/mol. The molecule has 0 aliphatic heterocycles. The molecule has 1 aromatic carbocycles. The van der Waals surface area contributed by atoms with Gasteiger partial charge in [-0.15, -0.1) is 0 Å². The number of nitrogens with zero attached hydrogens (tertiary/aromatic N) is 1. The number of benzene rings is 1. The number of nitrogens with one attached hydrogen (secondary N) is 1. The number of rotatable bonds is 8. The van der Waals surface area contributed by atoms with Crippen LogP contribution in [0.3, 0.4) is 0 Å². The van der Waals surface area contributed by atoms with Crippen molar-refractivity contribution >= 4 is 5.82 Å². The third kappa shape index (κ3) is 4.43. The molecule has 5 heteroatoms. The van der Waals surface area contributed by atoms with Crippen LogP contribution in [-0.2, 0) is 13.0 Å². The molecule has 0 saturated carbocycles. The van der Waals surface area contributed by atoms with Gasteiger partial charge in [0.2, 0.25) is 0 Å². The standard InChI is InChI=1S/C18H25N3O2/c1-3-13-10-15(16-6-4-7-18(19)21-16)17(23-2)11-14(13)12-20-8-5-9-22/h4,6-7,10-11,20,22H,3,5,8-9,12H2,1-2H3,(H2,19,21). The van der Waals surface area contributed by atoms with E-state index in [4.69, 9.17) is 15.6 Å². The van der Waals surface area contributed by atoms with E-state index in [-0.39, 0.29) is 6.61 Å². The number of nitrogen functional groups attached to an aromatic ring is 1. The molecular weight excluding hydrogens is 290 g/mol. The van der Waals surface area contributed by atoms with Gasteiger partial charge in [-0.05, 0) is 54.8 Å². The van der Waals surface area contributed by atoms with Crippen LogP contribution >= 0.6 is 0 Å². The Morgan fingerprint density at radius 2 is 2.09 bits per heavy atom. The molecule has 1 aromatic heterocycles. The molecule has 0 atom stereocenters. The van der Waals surface area contributed by atoms with Gasteiger partial charge in [-0.25, -0.2) is 4.98 Å². The lowest BCUT2D eigenvalue weighted by Gasteiger charge is -2.15. The molecule has 5 nitrogen and oxygen atoms in total. The second-order valence-corrected chi connectivity index (χ2v) is 5.38. The van der Waals surface area contributed by atoms with Crippen molar-refractivity contribution in [3.05, 3.63) is 41.5 Å². The third-order valence-corrected chi connectivity index (χ3v) is 3.78. The van der Waals surface area contributed by atoms with Crippen LogP contribution in [0.4, 0.5) is 5.82 Å². The number of aliphatic hydroxyl groups is 1. The molecule has 124 valence electrons. The Labute approximate surface area is 137 Å². The van der Waals surface area contributed by atoms with E-state index in [1.54, 1.807) is 13.2 Å². The predicted octanol–water partition coefficient (Wildman–Crippen LogP) is 2.37. The van der Waals surface area contributed by atoms with Crippen LogP contribution in [-0.4, -0.2) is 30.4 Å². The number of aliphatic hydroxyl groups excluding tert-OH is 1. The SMILES string of the molecule is CCc1cc(-c2cccc(N)n2)c(OC)cc1CNCCCO. The lowest BCUT2D eigenvalue weighted by atomic mass is 9.98. The number of aryl methyl sites for hydroxylation is 1. The molecule has 0 aliphatic carbocycles. The fraction of sp³-hybridized carbons (Fsp3) is 0.389. The fourth-order valence-electron chi connectivity index (χ4n) is 2.56. The fourth-order valence-corrected chi connectivity index (χ4v) is 2.56. The lowest BCUT2D eigenvalue weighted by molar-refractivity contribution is 0.286. The summed E-state index contributed by atoms with van der Waals surface area (Å²) in [5.41, 5.74) is 10.0. The second-order valence-electron chi connectivity index (χ2n) is 5.38. The van der Waals surface area contributed by atoms with E-state index in [0.717, 1.165) is 42.9 Å². The molecule has 23 heavy (non-hydrogen) atoms. The van der Waals surface area contributed by atoms with Gasteiger partial charge < -0.3 is 20.9 Å². The minimum absolute atomic E-state index is 0.205. The van der Waals surface area contributed by atoms with Crippen molar-refractivity contribution in [2.45, 2.75) is 26.3 Å². The maximum Gasteiger partial charge on any atom is 0.128 e. The number of pyridine rings is 1. The van der Waals surface area contributed by atoms with E-state index < -0.39 is 0 Å². The van der Waals surface area contributed by atoms with Gasteiger partial charge in [-0.2, -0.15) is 0 Å². The number of nitrogens with two attached hydrogens (primary N) is 1. The van der Waals surface area contributed by atoms with E-state index in [1.165, 1.54) is 11.1 Å². The summed E-state index contributed by atoms with van der Waals surface area (Å²) in [7, 11) is 1.67. The smallest absolute Gasteiger partial charge is 0.128 e. The summed E-state index contributed by atoms with van der Waals surface area (Å²) in [5.74, 6) is 1.29. The largest absolute Gasteiger partial charge is 0.496 e. The summed E-state index contributed by atoms with van der Waals surface area (Å²) < 4.78 is 5.56. The van der Waals surface area contributed by atoms with Gasteiger partial charge in [-0.3, -0.25) is 0 Å². The van der Waals surface area contributed by atoms with Crippen LogP contribution in [0.15, 0.2) is 30.3 Å². The Morgan fingerprint density at radius 3 is 2.74 bits per heavy atom. The van der Waals surface area contributed by atoms with E-state index in [0.29, 0.717) is 5.82 Å². The summed E-state index contributed by atoms with van der Waals surface area (Å²) in [5, 5.41) is 12.2. The minimum Gasteiger partial charge on any atom is -0.496 e. The first-order valence-electron chi connectivity index (χ1n) is 7.93. The summed E-state index contributed by atoms with van der Waals surface area (Å²) in [6.45, 7) is 3.89. The van der Waals surface area contributed by atoms with Gasteiger partial charge in [0, 0.05) is 18.7 Å². The van der Waals surface area contributed by atoms with Crippen LogP contribution in [0, 0.1) is 0 Å². The van der Waals surface area contributed by atoms with E-state index in [1.807, 2.05) is 12.1 Å². The van der Waals surface area contributed by atoms with E-state index in [9.17, 15) is 0 Å². The van der Waals surface area contributed by atoms with Crippen molar-refractivity contribution in [1.29, 1.82) is 0 Å². The maximum atomic E-state index is 8.85. The molecule has 0 aliphatic rings. The Balaban J connectivity index is 2.33. The first-order chi connectivity index (χ1) is 11.2. The Kier molecular flexibility index (Phi) is 6.38. The minimum atomic E-state index is 0.205. The number of methoxy groups -OCH3 is 1. The van der Waals surface area contributed by atoms with Crippen molar-refractivity contribution in [2.75, 3.05) is 26.0 Å². The van der Waals surface area contributed by atoms with Crippen molar-refractivity contribution < 1.29 is 9.84 Å². The summed E-state index contributed by atoms with van der Waals surface area (Å²) in [4.78, 5) is 4.40. The zero-order valence-corrected chi connectivity index (χ0v) is 13.8. The van der Waals surface area contributed by atoms with Crippen LogP contribution in [0.25, 0.3) is 11.3 Å². The highest BCUT2D eigenvalue weighted by Crippen LogP contribution is 2.32. The highest BCUT2D eigenvalue weighted by molar-refractivity contribution is 5.70. The van der Waals surface area contributed by atoms with Crippen molar-refractivity contribution in [3.63, 3.8) is 0 Å². The Hall–Kier alpha value is -2.11. The summed E-state index contributed by atoms with van der Waals surface area (Å²) >= 11 is 0. The summed E-state index contributed by atoms with van der Waals surface area (Å²) in [6, 6.07) is 9.80. The quantitative estimate of drug-likeness (QED) is 0.652.